The molecule has 2 fully saturated rings. The molecule has 2 saturated heterocycles. The summed E-state index contributed by atoms with van der Waals surface area (Å²) in [5.74, 6) is 1.42. The number of halogens is 2. The molecule has 1 amide bonds. The van der Waals surface area contributed by atoms with Gasteiger partial charge >= 0.3 is 0 Å². The quantitative estimate of drug-likeness (QED) is 0.335. The minimum absolute atomic E-state index is 0.0693. The number of benzene rings is 1. The highest BCUT2D eigenvalue weighted by Gasteiger charge is 2.30. The van der Waals surface area contributed by atoms with E-state index in [2.05, 4.69) is 27.5 Å². The Balaban J connectivity index is 1.55. The molecule has 0 aliphatic carbocycles. The molecule has 1 aromatic carbocycles. The highest BCUT2D eigenvalue weighted by Crippen LogP contribution is 2.46. The fraction of sp³-hybridized carbons (Fsp3) is 0.360. The minimum Gasteiger partial charge on any atom is -0.495 e. The Bertz CT molecular complexity index is 1360. The summed E-state index contributed by atoms with van der Waals surface area (Å²) >= 11 is 13.3. The van der Waals surface area contributed by atoms with Crippen molar-refractivity contribution in [1.29, 1.82) is 0 Å². The SMILES string of the molecule is C=CC(=O)N[C@H]1COC[C@H]1Nc1ncc2cc(-c3c(Cl)c(OC)cc(OC)c3Cl)nc(NC3COC3)c2n1. The van der Waals surface area contributed by atoms with Gasteiger partial charge in [-0.3, -0.25) is 4.79 Å². The summed E-state index contributed by atoms with van der Waals surface area (Å²) in [7, 11) is 3.03. The molecule has 0 unspecified atom stereocenters. The molecule has 200 valence electrons. The van der Waals surface area contributed by atoms with Crippen LogP contribution in [0.2, 0.25) is 10.0 Å². The number of nitrogens with zero attached hydrogens (tertiary/aromatic N) is 3. The molecule has 0 radical (unpaired) electrons. The van der Waals surface area contributed by atoms with Gasteiger partial charge in [0.1, 0.15) is 17.0 Å². The fourth-order valence-corrected chi connectivity index (χ4v) is 4.90. The Morgan fingerprint density at radius 1 is 1.03 bits per heavy atom. The van der Waals surface area contributed by atoms with Crippen LogP contribution in [0.3, 0.4) is 0 Å². The van der Waals surface area contributed by atoms with E-state index in [0.29, 0.717) is 81.9 Å². The summed E-state index contributed by atoms with van der Waals surface area (Å²) in [6.45, 7) is 5.35. The van der Waals surface area contributed by atoms with E-state index < -0.39 is 0 Å². The van der Waals surface area contributed by atoms with Gasteiger partial charge in [-0.2, -0.15) is 0 Å². The van der Waals surface area contributed by atoms with Gasteiger partial charge in [0.05, 0.1) is 74.5 Å². The maximum atomic E-state index is 11.8. The number of hydrogen-bond donors (Lipinski definition) is 3. The number of anilines is 2. The van der Waals surface area contributed by atoms with Crippen LogP contribution in [0, 0.1) is 0 Å². The van der Waals surface area contributed by atoms with E-state index in [1.165, 1.54) is 20.3 Å². The summed E-state index contributed by atoms with van der Waals surface area (Å²) in [5.41, 5.74) is 1.55. The standard InChI is InChI=1S/C25H26Cl2N6O5/c1-4-19(34)30-15-10-38-11-16(15)32-25-28-7-12-5-14(31-24(23(12)33-25)29-13-8-37-9-13)20-21(26)17(35-2)6-18(36-3)22(20)27/h4-7,13,15-16H,1,8-11H2,2-3H3,(H,29,31)(H,30,34)(H,28,32,33)/t15-,16+/m0/s1. The predicted molar refractivity (Wildman–Crippen MR) is 144 cm³/mol. The predicted octanol–water partition coefficient (Wildman–Crippen LogP) is 3.31. The van der Waals surface area contributed by atoms with Crippen LogP contribution in [-0.2, 0) is 14.3 Å². The second-order valence-corrected chi connectivity index (χ2v) is 9.51. The second kappa shape index (κ2) is 11.2. The van der Waals surface area contributed by atoms with Gasteiger partial charge in [-0.25, -0.2) is 15.0 Å². The third-order valence-corrected chi connectivity index (χ3v) is 7.03. The molecular formula is C25H26Cl2N6O5. The van der Waals surface area contributed by atoms with Gasteiger partial charge in [0, 0.05) is 23.2 Å². The first-order valence-electron chi connectivity index (χ1n) is 11.8. The van der Waals surface area contributed by atoms with Crippen molar-refractivity contribution in [3.8, 4) is 22.8 Å². The van der Waals surface area contributed by atoms with Gasteiger partial charge in [-0.05, 0) is 12.1 Å². The van der Waals surface area contributed by atoms with Crippen molar-refractivity contribution in [2.75, 3.05) is 51.3 Å². The highest BCUT2D eigenvalue weighted by atomic mass is 35.5. The van der Waals surface area contributed by atoms with Crippen molar-refractivity contribution in [1.82, 2.24) is 20.3 Å². The molecule has 0 spiro atoms. The van der Waals surface area contributed by atoms with Crippen LogP contribution in [-0.4, -0.2) is 79.6 Å². The second-order valence-electron chi connectivity index (χ2n) is 8.76. The molecule has 38 heavy (non-hydrogen) atoms. The van der Waals surface area contributed by atoms with Crippen molar-refractivity contribution in [2.24, 2.45) is 0 Å². The number of amides is 1. The Morgan fingerprint density at radius 2 is 1.71 bits per heavy atom. The summed E-state index contributed by atoms with van der Waals surface area (Å²) in [6.07, 6.45) is 2.91. The largest absolute Gasteiger partial charge is 0.495 e. The third kappa shape index (κ3) is 5.14. The summed E-state index contributed by atoms with van der Waals surface area (Å²) < 4.78 is 21.7. The van der Waals surface area contributed by atoms with Crippen LogP contribution in [0.25, 0.3) is 22.2 Å². The van der Waals surface area contributed by atoms with Gasteiger partial charge in [-0.1, -0.05) is 29.8 Å². The Hall–Kier alpha value is -3.38. The Labute approximate surface area is 228 Å². The zero-order valence-corrected chi connectivity index (χ0v) is 22.2. The molecule has 2 aliphatic heterocycles. The molecule has 13 heteroatoms. The average molecular weight is 561 g/mol. The topological polar surface area (TPSA) is 129 Å². The number of nitrogens with one attached hydrogen (secondary N) is 3. The lowest BCUT2D eigenvalue weighted by Gasteiger charge is -2.28. The molecule has 3 aromatic rings. The zero-order valence-electron chi connectivity index (χ0n) is 20.7. The van der Waals surface area contributed by atoms with E-state index in [9.17, 15) is 4.79 Å². The van der Waals surface area contributed by atoms with Gasteiger partial charge in [0.15, 0.2) is 5.82 Å². The monoisotopic (exact) mass is 560 g/mol. The molecule has 0 bridgehead atoms. The third-order valence-electron chi connectivity index (χ3n) is 6.28. The van der Waals surface area contributed by atoms with Crippen molar-refractivity contribution < 1.29 is 23.7 Å². The molecule has 0 saturated carbocycles. The van der Waals surface area contributed by atoms with E-state index in [1.54, 1.807) is 18.3 Å². The maximum absolute atomic E-state index is 11.8. The van der Waals surface area contributed by atoms with Gasteiger partial charge in [0.25, 0.3) is 0 Å². The number of rotatable bonds is 9. The molecule has 2 aromatic heterocycles. The lowest BCUT2D eigenvalue weighted by atomic mass is 10.1. The van der Waals surface area contributed by atoms with Crippen molar-refractivity contribution in [3.63, 3.8) is 0 Å². The first-order chi connectivity index (χ1) is 18.4. The van der Waals surface area contributed by atoms with Crippen LogP contribution in [0.15, 0.2) is 31.0 Å². The van der Waals surface area contributed by atoms with Crippen molar-refractivity contribution in [2.45, 2.75) is 18.1 Å². The van der Waals surface area contributed by atoms with E-state index >= 15 is 0 Å². The highest BCUT2D eigenvalue weighted by molar-refractivity contribution is 6.41. The van der Waals surface area contributed by atoms with Crippen LogP contribution in [0.4, 0.5) is 11.8 Å². The normalized spacial score (nSPS) is 19.1. The number of methoxy groups -OCH3 is 2. The summed E-state index contributed by atoms with van der Waals surface area (Å²) in [4.78, 5) is 25.9. The van der Waals surface area contributed by atoms with E-state index in [0.717, 1.165) is 0 Å². The summed E-state index contributed by atoms with van der Waals surface area (Å²) in [6, 6.07) is 3.02. The van der Waals surface area contributed by atoms with Crippen molar-refractivity contribution in [3.05, 3.63) is 41.0 Å². The minimum atomic E-state index is -0.274. The molecule has 4 heterocycles. The van der Waals surface area contributed by atoms with Crippen LogP contribution >= 0.6 is 23.2 Å². The lowest BCUT2D eigenvalue weighted by molar-refractivity contribution is -0.117. The molecule has 11 nitrogen and oxygen atoms in total. The first-order valence-corrected chi connectivity index (χ1v) is 12.6. The molecule has 3 N–H and O–H groups in total. The van der Waals surface area contributed by atoms with E-state index in [-0.39, 0.29) is 24.0 Å². The van der Waals surface area contributed by atoms with Crippen LogP contribution < -0.4 is 25.4 Å². The number of aromatic nitrogens is 3. The Morgan fingerprint density at radius 3 is 2.34 bits per heavy atom. The number of ether oxygens (including phenoxy) is 4. The van der Waals surface area contributed by atoms with Gasteiger partial charge in [-0.15, -0.1) is 0 Å². The fourth-order valence-electron chi connectivity index (χ4n) is 4.21. The number of fused-ring (bicyclic) bond motifs is 1. The van der Waals surface area contributed by atoms with Crippen molar-refractivity contribution >= 4 is 51.8 Å². The van der Waals surface area contributed by atoms with E-state index in [4.69, 9.17) is 52.1 Å². The van der Waals surface area contributed by atoms with Crippen LogP contribution in [0.1, 0.15) is 0 Å². The first kappa shape index (κ1) is 26.2. The smallest absolute Gasteiger partial charge is 0.243 e. The van der Waals surface area contributed by atoms with Crippen LogP contribution in [0.5, 0.6) is 11.5 Å². The summed E-state index contributed by atoms with van der Waals surface area (Å²) in [5, 5.41) is 10.8. The number of carbonyl (C=O) groups is 1. The number of hydrogen-bond acceptors (Lipinski definition) is 10. The molecular weight excluding hydrogens is 535 g/mol. The van der Waals surface area contributed by atoms with Gasteiger partial charge < -0.3 is 34.9 Å². The van der Waals surface area contributed by atoms with E-state index in [1.807, 2.05) is 0 Å². The Kier molecular flexibility index (Phi) is 7.70. The number of pyridine rings is 1. The molecule has 2 atom stereocenters. The number of carbonyl (C=O) groups excluding carboxylic acids is 1. The zero-order chi connectivity index (χ0) is 26.8. The average Bonchev–Trinajstić information content (AvgIpc) is 3.32. The molecule has 5 rings (SSSR count). The molecule has 2 aliphatic rings. The van der Waals surface area contributed by atoms with Gasteiger partial charge in [0.2, 0.25) is 11.9 Å². The lowest BCUT2D eigenvalue weighted by Crippen LogP contribution is -2.45. The maximum Gasteiger partial charge on any atom is 0.243 e.